The fourth-order valence-electron chi connectivity index (χ4n) is 10.7. The molecule has 0 bridgehead atoms. The maximum Gasteiger partial charge on any atom is 0.0540 e. The highest BCUT2D eigenvalue weighted by molar-refractivity contribution is 5.96. The van der Waals surface area contributed by atoms with Crippen molar-refractivity contribution in [3.8, 4) is 33.4 Å². The first-order chi connectivity index (χ1) is 27.3. The van der Waals surface area contributed by atoms with Gasteiger partial charge < -0.3 is 4.90 Å². The van der Waals surface area contributed by atoms with Gasteiger partial charge in [0.2, 0.25) is 0 Å². The molecule has 0 fully saturated rings. The zero-order valence-electron chi connectivity index (χ0n) is 34.8. The molecule has 7 aromatic rings. The molecule has 0 radical (unpaired) electrons. The summed E-state index contributed by atoms with van der Waals surface area (Å²) < 4.78 is 0. The number of anilines is 3. The molecular weight excluding hydrogens is 687 g/mol. The van der Waals surface area contributed by atoms with Gasteiger partial charge in [0, 0.05) is 27.8 Å². The Morgan fingerprint density at radius 3 is 1.65 bits per heavy atom. The Labute approximate surface area is 340 Å². The van der Waals surface area contributed by atoms with Crippen LogP contribution in [-0.4, -0.2) is 0 Å². The van der Waals surface area contributed by atoms with E-state index >= 15 is 0 Å². The van der Waals surface area contributed by atoms with Crippen molar-refractivity contribution in [3.05, 3.63) is 196 Å². The maximum atomic E-state index is 2.59. The lowest BCUT2D eigenvalue weighted by Gasteiger charge is -2.34. The summed E-state index contributed by atoms with van der Waals surface area (Å²) in [7, 11) is 0. The minimum absolute atomic E-state index is 0.0333. The second-order valence-electron chi connectivity index (χ2n) is 19.4. The Morgan fingerprint density at radius 1 is 0.439 bits per heavy atom. The van der Waals surface area contributed by atoms with Crippen LogP contribution in [0.3, 0.4) is 0 Å². The van der Waals surface area contributed by atoms with Gasteiger partial charge in [0.05, 0.1) is 5.69 Å². The summed E-state index contributed by atoms with van der Waals surface area (Å²) in [5, 5.41) is 0. The predicted molar refractivity (Wildman–Crippen MR) is 242 cm³/mol. The van der Waals surface area contributed by atoms with Gasteiger partial charge >= 0.3 is 0 Å². The number of hydrogen-bond donors (Lipinski definition) is 0. The minimum atomic E-state index is -0.177. The van der Waals surface area contributed by atoms with Gasteiger partial charge in [-0.2, -0.15) is 0 Å². The second-order valence-corrected chi connectivity index (χ2v) is 19.4. The Bertz CT molecular complexity index is 2710. The zero-order chi connectivity index (χ0) is 39.5. The van der Waals surface area contributed by atoms with Crippen molar-refractivity contribution in [2.24, 2.45) is 0 Å². The van der Waals surface area contributed by atoms with E-state index < -0.39 is 0 Å². The first kappa shape index (κ1) is 35.7. The number of fused-ring (bicyclic) bond motifs is 10. The molecule has 10 rings (SSSR count). The lowest BCUT2D eigenvalue weighted by Crippen LogP contribution is -2.24. The molecule has 0 saturated carbocycles. The van der Waals surface area contributed by atoms with Crippen LogP contribution in [0.4, 0.5) is 17.1 Å². The molecule has 1 unspecified atom stereocenters. The molecular formula is C56H53N. The van der Waals surface area contributed by atoms with Crippen LogP contribution in [0.1, 0.15) is 106 Å². The average Bonchev–Trinajstić information content (AvgIpc) is 3.81. The van der Waals surface area contributed by atoms with Crippen LogP contribution < -0.4 is 4.90 Å². The van der Waals surface area contributed by atoms with Gasteiger partial charge in [-0.05, 0) is 126 Å². The summed E-state index contributed by atoms with van der Waals surface area (Å²) in [6, 6.07) is 58.2. The van der Waals surface area contributed by atoms with E-state index in [2.05, 4.69) is 212 Å². The molecule has 1 heteroatoms. The van der Waals surface area contributed by atoms with Gasteiger partial charge in [-0.3, -0.25) is 0 Å². The molecule has 1 nitrogen and oxygen atoms in total. The SMILES string of the molecule is CC(C)(C)c1cc(N(c2ccc3c(c2)C2(CCc4ccccc42)c2ccccc2-3)c2ccccc2-c2cccc3c2C(C)(C)c2ccccc2-3)cc(C(C)(C)C)c1. The van der Waals surface area contributed by atoms with E-state index in [1.54, 1.807) is 0 Å². The standard InChI is InChI=1S/C56H53N/c1-53(2,3)37-32-38(54(4,5)6)34-40(33-37)57(51-27-16-12-21-44(51)46-23-17-22-45-42-20-10-14-25-48(42)55(7,8)52(45)46)39-28-29-43-41-19-11-15-26-49(41)56(50(43)35-39)31-30-36-18-9-13-24-47(36)56/h9-29,32-35H,30-31H2,1-8H3. The molecule has 0 amide bonds. The van der Waals surface area contributed by atoms with Crippen molar-refractivity contribution in [2.75, 3.05) is 4.90 Å². The van der Waals surface area contributed by atoms with E-state index in [9.17, 15) is 0 Å². The van der Waals surface area contributed by atoms with Crippen molar-refractivity contribution in [1.82, 2.24) is 0 Å². The van der Waals surface area contributed by atoms with E-state index in [0.29, 0.717) is 0 Å². The average molecular weight is 740 g/mol. The fraction of sp³-hybridized carbons (Fsp3) is 0.250. The quantitative estimate of drug-likeness (QED) is 0.174. The lowest BCUT2D eigenvalue weighted by molar-refractivity contribution is 0.569. The lowest BCUT2D eigenvalue weighted by atomic mass is 9.73. The van der Waals surface area contributed by atoms with Gasteiger partial charge in [-0.15, -0.1) is 0 Å². The summed E-state index contributed by atoms with van der Waals surface area (Å²) >= 11 is 0. The van der Waals surface area contributed by atoms with Crippen molar-refractivity contribution in [2.45, 2.75) is 89.9 Å². The molecule has 7 aromatic carbocycles. The van der Waals surface area contributed by atoms with Crippen LogP contribution in [0.15, 0.2) is 152 Å². The first-order valence-corrected chi connectivity index (χ1v) is 20.9. The normalized spacial score (nSPS) is 17.2. The van der Waals surface area contributed by atoms with E-state index in [0.717, 1.165) is 12.8 Å². The van der Waals surface area contributed by atoms with Gasteiger partial charge in [-0.1, -0.05) is 177 Å². The number of aryl methyl sites for hydroxylation is 1. The first-order valence-electron chi connectivity index (χ1n) is 20.9. The largest absolute Gasteiger partial charge is 0.310 e. The van der Waals surface area contributed by atoms with Crippen molar-refractivity contribution in [1.29, 1.82) is 0 Å². The third-order valence-corrected chi connectivity index (χ3v) is 13.6. The molecule has 282 valence electrons. The molecule has 0 saturated heterocycles. The van der Waals surface area contributed by atoms with Gasteiger partial charge in [-0.25, -0.2) is 0 Å². The summed E-state index contributed by atoms with van der Waals surface area (Å²) in [6.45, 7) is 18.9. The molecule has 3 aliphatic rings. The minimum Gasteiger partial charge on any atom is -0.310 e. The summed E-state index contributed by atoms with van der Waals surface area (Å²) in [4.78, 5) is 2.59. The third kappa shape index (κ3) is 5.27. The molecule has 0 heterocycles. The van der Waals surface area contributed by atoms with E-state index in [1.165, 1.54) is 95.0 Å². The molecule has 1 spiro atoms. The second kappa shape index (κ2) is 12.4. The monoisotopic (exact) mass is 739 g/mol. The summed E-state index contributed by atoms with van der Waals surface area (Å²) in [5.41, 5.74) is 22.5. The van der Waals surface area contributed by atoms with Crippen LogP contribution in [0.5, 0.6) is 0 Å². The molecule has 0 N–H and O–H groups in total. The van der Waals surface area contributed by atoms with Gasteiger partial charge in [0.15, 0.2) is 0 Å². The highest BCUT2D eigenvalue weighted by atomic mass is 15.1. The number of nitrogens with zero attached hydrogens (tertiary/aromatic N) is 1. The van der Waals surface area contributed by atoms with Crippen molar-refractivity contribution < 1.29 is 0 Å². The zero-order valence-corrected chi connectivity index (χ0v) is 34.8. The molecule has 0 aromatic heterocycles. The Balaban J connectivity index is 1.26. The van der Waals surface area contributed by atoms with Gasteiger partial charge in [0.1, 0.15) is 0 Å². The molecule has 3 aliphatic carbocycles. The van der Waals surface area contributed by atoms with Crippen LogP contribution in [0.2, 0.25) is 0 Å². The topological polar surface area (TPSA) is 3.24 Å². The summed E-state index contributed by atoms with van der Waals surface area (Å²) in [6.07, 6.45) is 2.16. The molecule has 0 aliphatic heterocycles. The van der Waals surface area contributed by atoms with Crippen LogP contribution >= 0.6 is 0 Å². The molecule has 1 atom stereocenters. The van der Waals surface area contributed by atoms with Crippen LogP contribution in [-0.2, 0) is 28.1 Å². The molecule has 57 heavy (non-hydrogen) atoms. The highest BCUT2D eigenvalue weighted by Crippen LogP contribution is 2.60. The predicted octanol–water partition coefficient (Wildman–Crippen LogP) is 15.0. The fourth-order valence-corrected chi connectivity index (χ4v) is 10.7. The number of hydrogen-bond acceptors (Lipinski definition) is 1. The van der Waals surface area contributed by atoms with Crippen LogP contribution in [0.25, 0.3) is 33.4 Å². The number of benzene rings is 7. The number of para-hydroxylation sites is 1. The summed E-state index contributed by atoms with van der Waals surface area (Å²) in [5.74, 6) is 0. The number of rotatable bonds is 4. The van der Waals surface area contributed by atoms with Crippen LogP contribution in [0, 0.1) is 0 Å². The Morgan fingerprint density at radius 2 is 0.965 bits per heavy atom. The Hall–Kier alpha value is -5.66. The smallest absolute Gasteiger partial charge is 0.0540 e. The van der Waals surface area contributed by atoms with Crippen molar-refractivity contribution in [3.63, 3.8) is 0 Å². The highest BCUT2D eigenvalue weighted by Gasteiger charge is 2.48. The van der Waals surface area contributed by atoms with Crippen molar-refractivity contribution >= 4 is 17.1 Å². The van der Waals surface area contributed by atoms with E-state index in [1.807, 2.05) is 0 Å². The van der Waals surface area contributed by atoms with E-state index in [-0.39, 0.29) is 21.7 Å². The third-order valence-electron chi connectivity index (χ3n) is 13.6. The Kier molecular flexibility index (Phi) is 7.79. The van der Waals surface area contributed by atoms with Gasteiger partial charge in [0.25, 0.3) is 0 Å². The van der Waals surface area contributed by atoms with E-state index in [4.69, 9.17) is 0 Å². The maximum absolute atomic E-state index is 2.59.